The lowest BCUT2D eigenvalue weighted by Gasteiger charge is -2.28. The third kappa shape index (κ3) is 3.90. The number of thiocarbonyl (C=S) groups is 1. The van der Waals surface area contributed by atoms with Crippen LogP contribution in [0.1, 0.15) is 51.4 Å². The summed E-state index contributed by atoms with van der Waals surface area (Å²) >= 11 is 5.89. The number of benzene rings is 2. The molecule has 0 aliphatic carbocycles. The standard InChI is InChI=1S/C29H30N4S/c1-19-11-10-12-20(2)27(19)33-21(3)17-24(22(33)4)28-26(25-15-8-9-16-30-25)31-29(34)32(28)18-23-13-6-5-7-14-23/h5-17,26,28H,18H2,1-4H3,(H,31,34)/t26-,28+/m0/s1. The van der Waals surface area contributed by atoms with Crippen molar-refractivity contribution in [2.24, 2.45) is 0 Å². The van der Waals surface area contributed by atoms with Gasteiger partial charge in [0.1, 0.15) is 0 Å². The highest BCUT2D eigenvalue weighted by Crippen LogP contribution is 2.42. The Morgan fingerprint density at radius 3 is 2.26 bits per heavy atom. The van der Waals surface area contributed by atoms with E-state index in [1.165, 1.54) is 39.3 Å². The summed E-state index contributed by atoms with van der Waals surface area (Å²) in [6, 6.07) is 25.5. The zero-order chi connectivity index (χ0) is 23.8. The average molecular weight is 467 g/mol. The molecule has 5 rings (SSSR count). The van der Waals surface area contributed by atoms with Gasteiger partial charge in [-0.05, 0) is 80.4 Å². The van der Waals surface area contributed by atoms with E-state index in [9.17, 15) is 0 Å². The third-order valence-electron chi connectivity index (χ3n) is 6.85. The van der Waals surface area contributed by atoms with E-state index >= 15 is 0 Å². The molecule has 1 fully saturated rings. The van der Waals surface area contributed by atoms with Gasteiger partial charge in [-0.15, -0.1) is 0 Å². The van der Waals surface area contributed by atoms with Crippen LogP contribution in [0, 0.1) is 27.7 Å². The fraction of sp³-hybridized carbons (Fsp3) is 0.241. The fourth-order valence-electron chi connectivity index (χ4n) is 5.28. The Labute approximate surface area is 207 Å². The SMILES string of the molecule is Cc1cccc(C)c1-n1c(C)cc([C@@H]2[C@H](c3ccccn3)NC(=S)N2Cc2ccccc2)c1C. The van der Waals surface area contributed by atoms with E-state index in [1.54, 1.807) is 0 Å². The summed E-state index contributed by atoms with van der Waals surface area (Å²) in [4.78, 5) is 7.02. The quantitative estimate of drug-likeness (QED) is 0.351. The molecule has 2 atom stereocenters. The predicted octanol–water partition coefficient (Wildman–Crippen LogP) is 6.28. The first-order chi connectivity index (χ1) is 16.5. The third-order valence-corrected chi connectivity index (χ3v) is 7.20. The number of aryl methyl sites for hydroxylation is 3. The molecule has 0 bridgehead atoms. The molecular formula is C29H30N4S. The second kappa shape index (κ2) is 9.07. The minimum atomic E-state index is -0.0238. The summed E-state index contributed by atoms with van der Waals surface area (Å²) in [6.45, 7) is 9.54. The first kappa shape index (κ1) is 22.4. The first-order valence-corrected chi connectivity index (χ1v) is 12.1. The summed E-state index contributed by atoms with van der Waals surface area (Å²) in [7, 11) is 0. The number of hydrogen-bond acceptors (Lipinski definition) is 2. The molecule has 0 unspecified atom stereocenters. The maximum absolute atomic E-state index is 5.89. The Balaban J connectivity index is 1.65. The van der Waals surface area contributed by atoms with E-state index in [2.05, 4.69) is 103 Å². The van der Waals surface area contributed by atoms with Gasteiger partial charge < -0.3 is 14.8 Å². The molecule has 1 saturated heterocycles. The average Bonchev–Trinajstić information content (AvgIpc) is 3.31. The summed E-state index contributed by atoms with van der Waals surface area (Å²) < 4.78 is 2.40. The number of pyridine rings is 1. The molecule has 0 saturated carbocycles. The fourth-order valence-corrected chi connectivity index (χ4v) is 5.59. The highest BCUT2D eigenvalue weighted by atomic mass is 32.1. The molecule has 34 heavy (non-hydrogen) atoms. The number of hydrogen-bond donors (Lipinski definition) is 1. The van der Waals surface area contributed by atoms with Crippen molar-refractivity contribution >= 4 is 17.3 Å². The highest BCUT2D eigenvalue weighted by Gasteiger charge is 2.41. The van der Waals surface area contributed by atoms with Crippen LogP contribution in [0.25, 0.3) is 5.69 Å². The van der Waals surface area contributed by atoms with Crippen molar-refractivity contribution in [3.05, 3.63) is 118 Å². The van der Waals surface area contributed by atoms with Crippen molar-refractivity contribution in [2.45, 2.75) is 46.3 Å². The second-order valence-electron chi connectivity index (χ2n) is 9.14. The number of para-hydroxylation sites is 1. The van der Waals surface area contributed by atoms with Crippen molar-refractivity contribution in [2.75, 3.05) is 0 Å². The van der Waals surface area contributed by atoms with E-state index in [0.717, 1.165) is 17.4 Å². The molecule has 2 aromatic carbocycles. The molecular weight excluding hydrogens is 436 g/mol. The molecule has 0 radical (unpaired) electrons. The van der Waals surface area contributed by atoms with Crippen LogP contribution in [0.4, 0.5) is 0 Å². The Kier molecular flexibility index (Phi) is 5.96. The molecule has 4 nitrogen and oxygen atoms in total. The smallest absolute Gasteiger partial charge is 0.170 e. The largest absolute Gasteiger partial charge is 0.352 e. The van der Waals surface area contributed by atoms with E-state index in [-0.39, 0.29) is 12.1 Å². The minimum absolute atomic E-state index is 0.0238. The Bertz CT molecular complexity index is 1310. The Morgan fingerprint density at radius 1 is 0.882 bits per heavy atom. The van der Waals surface area contributed by atoms with Gasteiger partial charge in [-0.3, -0.25) is 4.98 Å². The van der Waals surface area contributed by atoms with Crippen LogP contribution in [0.2, 0.25) is 0 Å². The van der Waals surface area contributed by atoms with E-state index in [4.69, 9.17) is 17.2 Å². The highest BCUT2D eigenvalue weighted by molar-refractivity contribution is 7.80. The Hall–Kier alpha value is -3.44. The van der Waals surface area contributed by atoms with Crippen molar-refractivity contribution < 1.29 is 0 Å². The number of aromatic nitrogens is 2. The lowest BCUT2D eigenvalue weighted by atomic mass is 9.96. The van der Waals surface area contributed by atoms with Gasteiger partial charge in [-0.25, -0.2) is 0 Å². The minimum Gasteiger partial charge on any atom is -0.352 e. The molecule has 172 valence electrons. The normalized spacial score (nSPS) is 17.8. The predicted molar refractivity (Wildman–Crippen MR) is 142 cm³/mol. The van der Waals surface area contributed by atoms with Gasteiger partial charge >= 0.3 is 0 Å². The van der Waals surface area contributed by atoms with Gasteiger partial charge in [0.2, 0.25) is 0 Å². The molecule has 5 heteroatoms. The topological polar surface area (TPSA) is 33.1 Å². The van der Waals surface area contributed by atoms with Gasteiger partial charge in [-0.1, -0.05) is 54.6 Å². The summed E-state index contributed by atoms with van der Waals surface area (Å²) in [6.07, 6.45) is 1.86. The zero-order valence-electron chi connectivity index (χ0n) is 20.1. The molecule has 4 aromatic rings. The van der Waals surface area contributed by atoms with Crippen LogP contribution in [-0.2, 0) is 6.54 Å². The maximum Gasteiger partial charge on any atom is 0.170 e. The van der Waals surface area contributed by atoms with E-state index in [1.807, 2.05) is 18.3 Å². The lowest BCUT2D eigenvalue weighted by Crippen LogP contribution is -2.29. The summed E-state index contributed by atoms with van der Waals surface area (Å²) in [5.41, 5.74) is 9.80. The van der Waals surface area contributed by atoms with Gasteiger partial charge in [0.05, 0.1) is 23.5 Å². The summed E-state index contributed by atoms with van der Waals surface area (Å²) in [5.74, 6) is 0. The molecule has 1 aliphatic heterocycles. The van der Waals surface area contributed by atoms with Crippen LogP contribution in [0.5, 0.6) is 0 Å². The van der Waals surface area contributed by atoms with E-state index < -0.39 is 0 Å². The van der Waals surface area contributed by atoms with Crippen molar-refractivity contribution in [1.82, 2.24) is 19.8 Å². The monoisotopic (exact) mass is 466 g/mol. The molecule has 1 N–H and O–H groups in total. The van der Waals surface area contributed by atoms with Gasteiger partial charge in [0.25, 0.3) is 0 Å². The number of rotatable bonds is 5. The van der Waals surface area contributed by atoms with E-state index in [0.29, 0.717) is 0 Å². The van der Waals surface area contributed by atoms with Crippen LogP contribution in [0.15, 0.2) is 79.0 Å². The number of nitrogens with zero attached hydrogens (tertiary/aromatic N) is 3. The van der Waals surface area contributed by atoms with Gasteiger partial charge in [-0.2, -0.15) is 0 Å². The van der Waals surface area contributed by atoms with Gasteiger partial charge in [0.15, 0.2) is 5.11 Å². The second-order valence-corrected chi connectivity index (χ2v) is 9.53. The molecule has 2 aromatic heterocycles. The molecule has 1 aliphatic rings. The molecule has 0 spiro atoms. The molecule has 3 heterocycles. The van der Waals surface area contributed by atoms with Gasteiger partial charge in [0, 0.05) is 24.1 Å². The van der Waals surface area contributed by atoms with Crippen LogP contribution in [-0.4, -0.2) is 19.6 Å². The molecule has 0 amide bonds. The van der Waals surface area contributed by atoms with Crippen LogP contribution >= 0.6 is 12.2 Å². The first-order valence-electron chi connectivity index (χ1n) is 11.7. The van der Waals surface area contributed by atoms with Crippen LogP contribution in [0.3, 0.4) is 0 Å². The van der Waals surface area contributed by atoms with Crippen LogP contribution < -0.4 is 5.32 Å². The van der Waals surface area contributed by atoms with Crippen molar-refractivity contribution in [3.63, 3.8) is 0 Å². The Morgan fingerprint density at radius 2 is 1.59 bits per heavy atom. The lowest BCUT2D eigenvalue weighted by molar-refractivity contribution is 0.310. The zero-order valence-corrected chi connectivity index (χ0v) is 20.9. The maximum atomic E-state index is 5.89. The number of nitrogens with one attached hydrogen (secondary N) is 1. The summed E-state index contributed by atoms with van der Waals surface area (Å²) in [5, 5.41) is 4.36. The van der Waals surface area contributed by atoms with Crippen molar-refractivity contribution in [3.8, 4) is 5.69 Å². The van der Waals surface area contributed by atoms with Crippen molar-refractivity contribution in [1.29, 1.82) is 0 Å².